The van der Waals surface area contributed by atoms with Gasteiger partial charge < -0.3 is 10.1 Å². The molecule has 1 aliphatic carbocycles. The topological polar surface area (TPSA) is 38.3 Å². The third-order valence-electron chi connectivity index (χ3n) is 2.46. The summed E-state index contributed by atoms with van der Waals surface area (Å²) in [7, 11) is 0. The van der Waals surface area contributed by atoms with E-state index in [2.05, 4.69) is 17.8 Å². The molecule has 1 aromatic rings. The van der Waals surface area contributed by atoms with Gasteiger partial charge in [-0.25, -0.2) is 4.79 Å². The lowest BCUT2D eigenvalue weighted by molar-refractivity contribution is 0.0513. The number of benzene rings is 1. The summed E-state index contributed by atoms with van der Waals surface area (Å²) in [5.74, 6) is 0. The van der Waals surface area contributed by atoms with Crippen LogP contribution in [0, 0.1) is 6.42 Å². The summed E-state index contributed by atoms with van der Waals surface area (Å²) in [6.07, 6.45) is 3.64. The van der Waals surface area contributed by atoms with Gasteiger partial charge in [0.15, 0.2) is 0 Å². The highest BCUT2D eigenvalue weighted by Crippen LogP contribution is 2.23. The fourth-order valence-corrected chi connectivity index (χ4v) is 1.83. The van der Waals surface area contributed by atoms with Crippen LogP contribution >= 0.6 is 0 Å². The fraction of sp³-hybridized carbons (Fsp3) is 0.429. The normalized spacial score (nSPS) is 15.5. The number of hydrogen-bond acceptors (Lipinski definition) is 2. The van der Waals surface area contributed by atoms with Gasteiger partial charge in [-0.05, 0) is 38.3 Å². The van der Waals surface area contributed by atoms with Crippen LogP contribution in [0.25, 0.3) is 0 Å². The number of fused-ring (bicyclic) bond motifs is 1. The molecule has 1 atom stereocenters. The molecule has 17 heavy (non-hydrogen) atoms. The first kappa shape index (κ1) is 12.0. The Bertz CT molecular complexity index is 395. The van der Waals surface area contributed by atoms with Gasteiger partial charge in [0, 0.05) is 12.5 Å². The van der Waals surface area contributed by atoms with Gasteiger partial charge in [-0.1, -0.05) is 24.3 Å². The Morgan fingerprint density at radius 1 is 1.41 bits per heavy atom. The maximum atomic E-state index is 11.6. The summed E-state index contributed by atoms with van der Waals surface area (Å²) in [5, 5.41) is 2.81. The average Bonchev–Trinajstić information content (AvgIpc) is 2.55. The van der Waals surface area contributed by atoms with Crippen molar-refractivity contribution in [2.24, 2.45) is 0 Å². The van der Waals surface area contributed by atoms with Gasteiger partial charge in [0.2, 0.25) is 0 Å². The minimum absolute atomic E-state index is 0.0813. The molecule has 2 radical (unpaired) electrons. The second-order valence-corrected chi connectivity index (χ2v) is 5.20. The van der Waals surface area contributed by atoms with E-state index in [0.717, 1.165) is 12.0 Å². The van der Waals surface area contributed by atoms with Crippen LogP contribution in [-0.2, 0) is 11.2 Å². The third-order valence-corrected chi connectivity index (χ3v) is 2.46. The number of rotatable bonds is 1. The quantitative estimate of drug-likeness (QED) is 0.806. The van der Waals surface area contributed by atoms with Crippen LogP contribution in [0.5, 0.6) is 0 Å². The molecule has 0 aromatic heterocycles. The van der Waals surface area contributed by atoms with Crippen LogP contribution in [0.2, 0.25) is 0 Å². The number of alkyl carbamates (subject to hydrolysis) is 1. The standard InChI is InChI=1S/C14H17NO2/c1-14(2,3)17-13(16)15-12-8-10-6-4-5-7-11(10)9-12/h4-7,12H,8H2,1-3H3,(H,15,16). The van der Waals surface area contributed by atoms with E-state index in [1.54, 1.807) is 0 Å². The van der Waals surface area contributed by atoms with E-state index in [-0.39, 0.29) is 12.1 Å². The molecule has 90 valence electrons. The van der Waals surface area contributed by atoms with E-state index in [4.69, 9.17) is 4.74 Å². The summed E-state index contributed by atoms with van der Waals surface area (Å²) in [6, 6.07) is 7.95. The van der Waals surface area contributed by atoms with Gasteiger partial charge in [-0.15, -0.1) is 0 Å². The lowest BCUT2D eigenvalue weighted by Crippen LogP contribution is -2.38. The molecule has 2 rings (SSSR count). The summed E-state index contributed by atoms with van der Waals surface area (Å²) in [5.41, 5.74) is 1.83. The average molecular weight is 231 g/mol. The predicted molar refractivity (Wildman–Crippen MR) is 65.6 cm³/mol. The van der Waals surface area contributed by atoms with Crippen molar-refractivity contribution in [3.05, 3.63) is 41.8 Å². The second-order valence-electron chi connectivity index (χ2n) is 5.20. The Morgan fingerprint density at radius 3 is 2.76 bits per heavy atom. The van der Waals surface area contributed by atoms with Gasteiger partial charge in [-0.3, -0.25) is 0 Å². The summed E-state index contributed by atoms with van der Waals surface area (Å²) < 4.78 is 5.21. The van der Waals surface area contributed by atoms with Crippen molar-refractivity contribution in [1.82, 2.24) is 5.32 Å². The molecule has 0 bridgehead atoms. The molecule has 1 amide bonds. The minimum atomic E-state index is -0.463. The van der Waals surface area contributed by atoms with E-state index >= 15 is 0 Å². The molecule has 0 aliphatic heterocycles. The van der Waals surface area contributed by atoms with E-state index in [9.17, 15) is 4.79 Å². The number of amides is 1. The summed E-state index contributed by atoms with van der Waals surface area (Å²) in [6.45, 7) is 5.55. The molecule has 1 aromatic carbocycles. The zero-order valence-electron chi connectivity index (χ0n) is 10.4. The zero-order valence-corrected chi connectivity index (χ0v) is 10.4. The van der Waals surface area contributed by atoms with Crippen LogP contribution in [0.3, 0.4) is 0 Å². The lowest BCUT2D eigenvalue weighted by atomic mass is 10.1. The molecule has 1 aliphatic rings. The van der Waals surface area contributed by atoms with Crippen molar-refractivity contribution in [3.63, 3.8) is 0 Å². The number of nitrogens with one attached hydrogen (secondary N) is 1. The number of carbonyl (C=O) groups is 1. The molecule has 3 nitrogen and oxygen atoms in total. The van der Waals surface area contributed by atoms with Crippen LogP contribution in [0.4, 0.5) is 4.79 Å². The van der Waals surface area contributed by atoms with Gasteiger partial charge in [0.25, 0.3) is 0 Å². The molecule has 0 saturated carbocycles. The maximum Gasteiger partial charge on any atom is 0.407 e. The fourth-order valence-electron chi connectivity index (χ4n) is 1.83. The lowest BCUT2D eigenvalue weighted by Gasteiger charge is -2.21. The molecule has 1 N–H and O–H groups in total. The van der Waals surface area contributed by atoms with Crippen LogP contribution in [0.15, 0.2) is 24.3 Å². The largest absolute Gasteiger partial charge is 0.444 e. The molecule has 0 spiro atoms. The van der Waals surface area contributed by atoms with E-state index < -0.39 is 5.60 Å². The number of ether oxygens (including phenoxy) is 1. The van der Waals surface area contributed by atoms with Gasteiger partial charge in [0.05, 0.1) is 0 Å². The van der Waals surface area contributed by atoms with Crippen molar-refractivity contribution in [1.29, 1.82) is 0 Å². The third kappa shape index (κ3) is 3.22. The van der Waals surface area contributed by atoms with Crippen molar-refractivity contribution in [2.45, 2.75) is 38.8 Å². The zero-order chi connectivity index (χ0) is 12.5. The van der Waals surface area contributed by atoms with Gasteiger partial charge in [-0.2, -0.15) is 0 Å². The smallest absolute Gasteiger partial charge is 0.407 e. The first-order valence-corrected chi connectivity index (χ1v) is 5.78. The molecule has 0 fully saturated rings. The molecule has 3 heteroatoms. The summed E-state index contributed by atoms with van der Waals surface area (Å²) in [4.78, 5) is 11.6. The molecule has 1 unspecified atom stereocenters. The van der Waals surface area contributed by atoms with Crippen molar-refractivity contribution in [3.8, 4) is 0 Å². The van der Waals surface area contributed by atoms with E-state index in [0.29, 0.717) is 0 Å². The van der Waals surface area contributed by atoms with E-state index in [1.165, 1.54) is 5.56 Å². The SMILES string of the molecule is CC(C)(C)OC(=O)NC1[C]c2ccccc2C1. The highest BCUT2D eigenvalue weighted by molar-refractivity contribution is 5.69. The van der Waals surface area contributed by atoms with Gasteiger partial charge >= 0.3 is 6.09 Å². The van der Waals surface area contributed by atoms with Crippen molar-refractivity contribution < 1.29 is 9.53 Å². The Balaban J connectivity index is 1.90. The first-order chi connectivity index (χ1) is 7.94. The highest BCUT2D eigenvalue weighted by Gasteiger charge is 2.25. The van der Waals surface area contributed by atoms with Crippen LogP contribution in [-0.4, -0.2) is 17.7 Å². The second kappa shape index (κ2) is 4.40. The highest BCUT2D eigenvalue weighted by atomic mass is 16.6. The molecular weight excluding hydrogens is 214 g/mol. The van der Waals surface area contributed by atoms with Gasteiger partial charge in [0.1, 0.15) is 5.60 Å². The number of carbonyl (C=O) groups excluding carboxylic acids is 1. The Kier molecular flexibility index (Phi) is 3.09. The van der Waals surface area contributed by atoms with Crippen LogP contribution in [0.1, 0.15) is 31.9 Å². The van der Waals surface area contributed by atoms with Crippen LogP contribution < -0.4 is 5.32 Å². The minimum Gasteiger partial charge on any atom is -0.444 e. The Morgan fingerprint density at radius 2 is 2.12 bits per heavy atom. The first-order valence-electron chi connectivity index (χ1n) is 5.78. The Hall–Kier alpha value is -1.51. The summed E-state index contributed by atoms with van der Waals surface area (Å²) >= 11 is 0. The van der Waals surface area contributed by atoms with Crippen molar-refractivity contribution >= 4 is 6.09 Å². The predicted octanol–water partition coefficient (Wildman–Crippen LogP) is 2.57. The number of hydrogen-bond donors (Lipinski definition) is 1. The molecular formula is C14H17NO2. The monoisotopic (exact) mass is 231 g/mol. The molecule has 0 heterocycles. The molecule has 0 saturated heterocycles. The maximum absolute atomic E-state index is 11.6. The Labute approximate surface area is 102 Å². The van der Waals surface area contributed by atoms with Crippen molar-refractivity contribution in [2.75, 3.05) is 0 Å². The van der Waals surface area contributed by atoms with E-state index in [1.807, 2.05) is 39.0 Å².